The van der Waals surface area contributed by atoms with Crippen LogP contribution in [0.1, 0.15) is 55.0 Å². The van der Waals surface area contributed by atoms with Gasteiger partial charge in [0.25, 0.3) is 0 Å². The maximum absolute atomic E-state index is 11.8. The lowest BCUT2D eigenvalue weighted by molar-refractivity contribution is -0.119. The van der Waals surface area contributed by atoms with Crippen molar-refractivity contribution in [2.45, 2.75) is 56.9 Å². The summed E-state index contributed by atoms with van der Waals surface area (Å²) in [6.45, 7) is 0.764. The van der Waals surface area contributed by atoms with Crippen LogP contribution in [0.25, 0.3) is 0 Å². The number of primary amides is 1. The molecule has 2 fully saturated rings. The third-order valence-electron chi connectivity index (χ3n) is 5.62. The van der Waals surface area contributed by atoms with Crippen LogP contribution in [0, 0.1) is 0 Å². The number of carbonyl (C=O) groups is 1. The van der Waals surface area contributed by atoms with E-state index in [1.165, 1.54) is 24.1 Å². The van der Waals surface area contributed by atoms with Crippen LogP contribution >= 0.6 is 0 Å². The Morgan fingerprint density at radius 1 is 1.23 bits per heavy atom. The van der Waals surface area contributed by atoms with Gasteiger partial charge >= 0.3 is 0 Å². The molecule has 8 heteroatoms. The number of hydrogen-bond acceptors (Lipinski definition) is 6. The molecule has 26 heavy (non-hydrogen) atoms. The smallest absolute Gasteiger partial charge is 0.240 e. The molecule has 3 aliphatic rings. The van der Waals surface area contributed by atoms with Gasteiger partial charge in [-0.25, -0.2) is 4.98 Å². The zero-order chi connectivity index (χ0) is 17.7. The van der Waals surface area contributed by atoms with E-state index in [0.717, 1.165) is 56.0 Å². The molecule has 2 aromatic rings. The highest BCUT2D eigenvalue weighted by molar-refractivity contribution is 5.83. The van der Waals surface area contributed by atoms with Crippen molar-refractivity contribution in [3.8, 4) is 0 Å². The average molecular weight is 353 g/mol. The molecule has 0 bridgehead atoms. The minimum Gasteiger partial charge on any atom is -0.368 e. The molecule has 1 atom stereocenters. The summed E-state index contributed by atoms with van der Waals surface area (Å²) < 4.78 is 0. The largest absolute Gasteiger partial charge is 0.368 e. The molecule has 1 aliphatic heterocycles. The number of hydrogen-bond donors (Lipinski definition) is 3. The number of nitrogens with zero attached hydrogens (tertiary/aromatic N) is 4. The highest BCUT2D eigenvalue weighted by atomic mass is 16.1. The fourth-order valence-electron chi connectivity index (χ4n) is 4.08. The van der Waals surface area contributed by atoms with Crippen LogP contribution in [-0.4, -0.2) is 38.7 Å². The Hall–Kier alpha value is -2.64. The first-order valence-corrected chi connectivity index (χ1v) is 9.47. The van der Waals surface area contributed by atoms with E-state index in [1.807, 2.05) is 4.90 Å². The van der Waals surface area contributed by atoms with Crippen molar-refractivity contribution in [2.75, 3.05) is 16.8 Å². The molecule has 0 spiro atoms. The lowest BCUT2D eigenvalue weighted by Gasteiger charge is -2.23. The monoisotopic (exact) mass is 353 g/mol. The van der Waals surface area contributed by atoms with Crippen LogP contribution in [0.3, 0.4) is 0 Å². The van der Waals surface area contributed by atoms with Gasteiger partial charge in [-0.2, -0.15) is 10.1 Å². The quantitative estimate of drug-likeness (QED) is 0.755. The van der Waals surface area contributed by atoms with Gasteiger partial charge in [0.05, 0.1) is 5.69 Å². The topological polar surface area (TPSA) is 113 Å². The zero-order valence-electron chi connectivity index (χ0n) is 14.7. The van der Waals surface area contributed by atoms with Crippen molar-refractivity contribution < 1.29 is 4.79 Å². The maximum atomic E-state index is 11.8. The molecule has 1 saturated heterocycles. The summed E-state index contributed by atoms with van der Waals surface area (Å²) >= 11 is 0. The van der Waals surface area contributed by atoms with Gasteiger partial charge in [0.15, 0.2) is 5.82 Å². The molecule has 3 heterocycles. The molecule has 0 aromatic carbocycles. The Morgan fingerprint density at radius 3 is 2.92 bits per heavy atom. The predicted molar refractivity (Wildman–Crippen MR) is 97.5 cm³/mol. The summed E-state index contributed by atoms with van der Waals surface area (Å²) in [5, 5.41) is 10.9. The summed E-state index contributed by atoms with van der Waals surface area (Å²) in [4.78, 5) is 23.2. The number of H-pyrrole nitrogens is 1. The van der Waals surface area contributed by atoms with Crippen molar-refractivity contribution in [1.29, 1.82) is 0 Å². The van der Waals surface area contributed by atoms with Crippen molar-refractivity contribution in [1.82, 2.24) is 20.2 Å². The molecule has 0 radical (unpaired) electrons. The summed E-state index contributed by atoms with van der Waals surface area (Å²) in [6, 6.07) is 1.76. The molecule has 136 valence electrons. The summed E-state index contributed by atoms with van der Waals surface area (Å²) in [5.74, 6) is 2.53. The molecule has 0 unspecified atom stereocenters. The molecule has 1 amide bonds. The van der Waals surface area contributed by atoms with E-state index >= 15 is 0 Å². The maximum Gasteiger partial charge on any atom is 0.240 e. The Labute approximate surface area is 151 Å². The van der Waals surface area contributed by atoms with Gasteiger partial charge in [-0.3, -0.25) is 9.89 Å². The van der Waals surface area contributed by atoms with Crippen LogP contribution in [0.2, 0.25) is 0 Å². The van der Waals surface area contributed by atoms with Crippen molar-refractivity contribution in [3.63, 3.8) is 0 Å². The number of anilines is 3. The van der Waals surface area contributed by atoms with E-state index in [-0.39, 0.29) is 11.9 Å². The van der Waals surface area contributed by atoms with Crippen molar-refractivity contribution in [3.05, 3.63) is 23.0 Å². The van der Waals surface area contributed by atoms with Crippen LogP contribution < -0.4 is 16.0 Å². The Kier molecular flexibility index (Phi) is 3.58. The first-order chi connectivity index (χ1) is 12.7. The number of nitrogens with two attached hydrogens (primary N) is 1. The van der Waals surface area contributed by atoms with Gasteiger partial charge in [-0.15, -0.1) is 0 Å². The van der Waals surface area contributed by atoms with Crippen molar-refractivity contribution >= 4 is 23.5 Å². The Bertz CT molecular complexity index is 857. The lowest BCUT2D eigenvalue weighted by Crippen LogP contribution is -2.41. The van der Waals surface area contributed by atoms with Gasteiger partial charge in [0.2, 0.25) is 11.9 Å². The van der Waals surface area contributed by atoms with Gasteiger partial charge in [-0.1, -0.05) is 0 Å². The summed E-state index contributed by atoms with van der Waals surface area (Å²) in [5.41, 5.74) is 9.00. The summed E-state index contributed by atoms with van der Waals surface area (Å²) in [6.07, 6.45) is 7.16. The van der Waals surface area contributed by atoms with E-state index in [0.29, 0.717) is 11.9 Å². The van der Waals surface area contributed by atoms with Crippen LogP contribution in [-0.2, 0) is 17.6 Å². The first-order valence-electron chi connectivity index (χ1n) is 9.47. The van der Waals surface area contributed by atoms with E-state index in [2.05, 4.69) is 21.6 Å². The molecule has 8 nitrogen and oxygen atoms in total. The Morgan fingerprint density at radius 2 is 2.12 bits per heavy atom. The van der Waals surface area contributed by atoms with Crippen LogP contribution in [0.5, 0.6) is 0 Å². The highest BCUT2D eigenvalue weighted by Gasteiger charge is 2.33. The van der Waals surface area contributed by atoms with E-state index in [4.69, 9.17) is 15.7 Å². The second kappa shape index (κ2) is 5.96. The first kappa shape index (κ1) is 15.6. The van der Waals surface area contributed by atoms with Gasteiger partial charge < -0.3 is 16.0 Å². The normalized spacial score (nSPS) is 21.8. The van der Waals surface area contributed by atoms with Crippen LogP contribution in [0.4, 0.5) is 17.6 Å². The number of aromatic amines is 1. The third kappa shape index (κ3) is 2.69. The summed E-state index contributed by atoms with van der Waals surface area (Å²) in [7, 11) is 0. The number of aromatic nitrogens is 4. The minimum atomic E-state index is -0.311. The molecule has 2 aliphatic carbocycles. The average Bonchev–Trinajstić information content (AvgIpc) is 3.06. The Balaban J connectivity index is 1.48. The zero-order valence-corrected chi connectivity index (χ0v) is 14.7. The second-order valence-corrected chi connectivity index (χ2v) is 7.51. The van der Waals surface area contributed by atoms with Gasteiger partial charge in [0, 0.05) is 29.8 Å². The number of aryl methyl sites for hydroxylation is 1. The molecule has 5 rings (SSSR count). The molecule has 2 aromatic heterocycles. The minimum absolute atomic E-state index is 0.303. The highest BCUT2D eigenvalue weighted by Crippen LogP contribution is 2.40. The number of rotatable bonds is 5. The second-order valence-electron chi connectivity index (χ2n) is 7.51. The molecular formula is C18H23N7O. The van der Waals surface area contributed by atoms with Gasteiger partial charge in [-0.05, 0) is 44.9 Å². The number of fused-ring (bicyclic) bond motifs is 1. The molecular weight excluding hydrogens is 330 g/mol. The van der Waals surface area contributed by atoms with Crippen LogP contribution in [0.15, 0.2) is 6.07 Å². The van der Waals surface area contributed by atoms with E-state index in [9.17, 15) is 4.79 Å². The number of carbonyl (C=O) groups excluding carboxylic acids is 1. The van der Waals surface area contributed by atoms with E-state index in [1.54, 1.807) is 0 Å². The molecule has 1 saturated carbocycles. The number of nitrogens with one attached hydrogen (secondary N) is 2. The fraction of sp³-hybridized carbons (Fsp3) is 0.556. The fourth-order valence-corrected chi connectivity index (χ4v) is 4.08. The SMILES string of the molecule is NC(=O)[C@H]1CCCN1c1nc2c(c(Nc3cc(C4CC4)[nH]n3)n1)CCC2. The van der Waals surface area contributed by atoms with E-state index < -0.39 is 0 Å². The standard InChI is InChI=1S/C18H23N7O/c19-16(26)14-5-2-8-25(14)18-20-12-4-1-3-11(12)17(22-18)21-15-9-13(23-24-15)10-6-7-10/h9-10,14H,1-8H2,(H2,19,26)(H2,20,21,22,23,24)/t14-/m1/s1. The number of amides is 1. The molecule has 4 N–H and O–H groups in total. The third-order valence-corrected chi connectivity index (χ3v) is 5.62. The predicted octanol–water partition coefficient (Wildman–Crippen LogP) is 1.76. The van der Waals surface area contributed by atoms with Crippen molar-refractivity contribution in [2.24, 2.45) is 5.73 Å². The lowest BCUT2D eigenvalue weighted by atomic mass is 10.2. The van der Waals surface area contributed by atoms with Gasteiger partial charge in [0.1, 0.15) is 11.9 Å².